The first-order chi connectivity index (χ1) is 16.6. The number of ether oxygens (including phenoxy) is 1. The molecule has 2 aliphatic heterocycles. The molecule has 9 heteroatoms. The molecular formula is C25H27N5O4. The van der Waals surface area contributed by atoms with Crippen molar-refractivity contribution in [3.05, 3.63) is 66.2 Å². The summed E-state index contributed by atoms with van der Waals surface area (Å²) in [6.07, 6.45) is 3.73. The summed E-state index contributed by atoms with van der Waals surface area (Å²) in [5.74, 6) is 0.878. The van der Waals surface area contributed by atoms with Gasteiger partial charge in [-0.15, -0.1) is 0 Å². The van der Waals surface area contributed by atoms with Gasteiger partial charge in [0.25, 0.3) is 5.91 Å². The van der Waals surface area contributed by atoms with E-state index in [-0.39, 0.29) is 23.5 Å². The molecule has 3 aromatic rings. The van der Waals surface area contributed by atoms with Crippen LogP contribution in [0.4, 0.5) is 17.3 Å². The number of rotatable bonds is 6. The molecule has 1 atom stereocenters. The molecule has 0 saturated carbocycles. The van der Waals surface area contributed by atoms with Gasteiger partial charge in [-0.1, -0.05) is 12.1 Å². The van der Waals surface area contributed by atoms with Crippen LogP contribution >= 0.6 is 0 Å². The number of amides is 2. The number of pyridine rings is 1. The molecule has 0 aliphatic carbocycles. The van der Waals surface area contributed by atoms with Gasteiger partial charge in [0.15, 0.2) is 5.76 Å². The highest BCUT2D eigenvalue weighted by molar-refractivity contribution is 6.04. The van der Waals surface area contributed by atoms with Gasteiger partial charge in [-0.3, -0.25) is 19.5 Å². The molecule has 2 aromatic heterocycles. The average Bonchev–Trinajstić information content (AvgIpc) is 3.52. The zero-order valence-corrected chi connectivity index (χ0v) is 19.0. The number of hydrogen-bond donors (Lipinski definition) is 2. The summed E-state index contributed by atoms with van der Waals surface area (Å²) in [4.78, 5) is 33.6. The van der Waals surface area contributed by atoms with Crippen molar-refractivity contribution in [1.82, 2.24) is 10.3 Å². The summed E-state index contributed by atoms with van der Waals surface area (Å²) >= 11 is 0. The molecule has 1 unspecified atom stereocenters. The first-order valence-electron chi connectivity index (χ1n) is 11.4. The van der Waals surface area contributed by atoms with Gasteiger partial charge in [0.05, 0.1) is 24.7 Å². The number of carbonyl (C=O) groups excluding carboxylic acids is 2. The monoisotopic (exact) mass is 461 g/mol. The fourth-order valence-electron chi connectivity index (χ4n) is 4.48. The second-order valence-corrected chi connectivity index (χ2v) is 8.40. The lowest BCUT2D eigenvalue weighted by Gasteiger charge is -2.30. The van der Waals surface area contributed by atoms with E-state index in [1.807, 2.05) is 30.3 Å². The number of carbonyl (C=O) groups is 2. The molecule has 2 fully saturated rings. The lowest BCUT2D eigenvalue weighted by molar-refractivity contribution is -0.117. The molecule has 34 heavy (non-hydrogen) atoms. The highest BCUT2D eigenvalue weighted by Crippen LogP contribution is 2.34. The third-order valence-electron chi connectivity index (χ3n) is 6.28. The summed E-state index contributed by atoms with van der Waals surface area (Å²) in [6, 6.07) is 12.9. The minimum atomic E-state index is -0.383. The van der Waals surface area contributed by atoms with Gasteiger partial charge in [-0.2, -0.15) is 0 Å². The molecule has 4 heterocycles. The topological polar surface area (TPSA) is 99.9 Å². The number of methoxy groups -OCH3 is 1. The van der Waals surface area contributed by atoms with Crippen LogP contribution in [0.5, 0.6) is 5.75 Å². The van der Waals surface area contributed by atoms with Gasteiger partial charge in [0.1, 0.15) is 5.75 Å². The van der Waals surface area contributed by atoms with E-state index in [9.17, 15) is 9.59 Å². The lowest BCUT2D eigenvalue weighted by Crippen LogP contribution is -2.43. The second kappa shape index (κ2) is 9.56. The zero-order valence-electron chi connectivity index (χ0n) is 19.0. The number of benzene rings is 1. The number of furan rings is 1. The number of nitrogens with one attached hydrogen (secondary N) is 2. The van der Waals surface area contributed by atoms with Crippen LogP contribution in [0.25, 0.3) is 0 Å². The molecule has 2 aliphatic rings. The second-order valence-electron chi connectivity index (χ2n) is 8.40. The van der Waals surface area contributed by atoms with E-state index in [2.05, 4.69) is 20.5 Å². The van der Waals surface area contributed by atoms with Gasteiger partial charge in [-0.25, -0.2) is 0 Å². The van der Waals surface area contributed by atoms with Crippen LogP contribution in [0, 0.1) is 0 Å². The summed E-state index contributed by atoms with van der Waals surface area (Å²) in [6.45, 7) is 3.96. The van der Waals surface area contributed by atoms with Crippen molar-refractivity contribution in [2.24, 2.45) is 0 Å². The van der Waals surface area contributed by atoms with Gasteiger partial charge in [-0.05, 0) is 29.8 Å². The Morgan fingerprint density at radius 1 is 1.21 bits per heavy atom. The Labute approximate surface area is 197 Å². The molecule has 176 valence electrons. The van der Waals surface area contributed by atoms with Gasteiger partial charge in [0.2, 0.25) is 11.8 Å². The van der Waals surface area contributed by atoms with E-state index in [4.69, 9.17) is 9.15 Å². The standard InChI is InChI=1S/C25H27N5O4/c1-33-19-4-2-3-17(13-19)18-14-23(31)30(16-18)24-6-5-22(34-24)25(32)28-20-15-27-8-7-21(20)29-11-9-26-10-12-29/h2-8,13,15,18,26H,9-12,14,16H2,1H3,(H,28,32). The summed E-state index contributed by atoms with van der Waals surface area (Å²) in [7, 11) is 1.62. The van der Waals surface area contributed by atoms with Crippen molar-refractivity contribution in [3.8, 4) is 5.75 Å². The van der Waals surface area contributed by atoms with Crippen LogP contribution in [-0.2, 0) is 4.79 Å². The maximum Gasteiger partial charge on any atom is 0.291 e. The van der Waals surface area contributed by atoms with Crippen LogP contribution in [0.3, 0.4) is 0 Å². The summed E-state index contributed by atoms with van der Waals surface area (Å²) in [5, 5.41) is 6.24. The predicted octanol–water partition coefficient (Wildman–Crippen LogP) is 2.87. The Bertz CT molecular complexity index is 1190. The fourth-order valence-corrected chi connectivity index (χ4v) is 4.48. The van der Waals surface area contributed by atoms with Crippen LogP contribution in [0.2, 0.25) is 0 Å². The molecule has 5 rings (SSSR count). The Morgan fingerprint density at radius 2 is 2.06 bits per heavy atom. The van der Waals surface area contributed by atoms with Crippen LogP contribution < -0.4 is 25.2 Å². The quantitative estimate of drug-likeness (QED) is 0.582. The number of anilines is 3. The predicted molar refractivity (Wildman–Crippen MR) is 129 cm³/mol. The SMILES string of the molecule is COc1cccc(C2CC(=O)N(c3ccc(C(=O)Nc4cnccc4N4CCNCC4)o3)C2)c1. The van der Waals surface area contributed by atoms with Crippen molar-refractivity contribution in [2.45, 2.75) is 12.3 Å². The molecule has 2 amide bonds. The molecule has 1 aromatic carbocycles. The highest BCUT2D eigenvalue weighted by Gasteiger charge is 2.34. The highest BCUT2D eigenvalue weighted by atomic mass is 16.5. The van der Waals surface area contributed by atoms with Crippen molar-refractivity contribution in [2.75, 3.05) is 55.0 Å². The van der Waals surface area contributed by atoms with E-state index in [1.165, 1.54) is 0 Å². The van der Waals surface area contributed by atoms with Gasteiger partial charge >= 0.3 is 0 Å². The summed E-state index contributed by atoms with van der Waals surface area (Å²) < 4.78 is 11.1. The number of hydrogen-bond acceptors (Lipinski definition) is 7. The Balaban J connectivity index is 1.29. The first-order valence-corrected chi connectivity index (χ1v) is 11.4. The van der Waals surface area contributed by atoms with E-state index in [0.29, 0.717) is 24.5 Å². The number of nitrogens with zero attached hydrogens (tertiary/aromatic N) is 3. The third kappa shape index (κ3) is 4.47. The van der Waals surface area contributed by atoms with Crippen molar-refractivity contribution >= 4 is 29.1 Å². The van der Waals surface area contributed by atoms with Crippen molar-refractivity contribution in [1.29, 1.82) is 0 Å². The molecule has 0 bridgehead atoms. The van der Waals surface area contributed by atoms with E-state index < -0.39 is 0 Å². The van der Waals surface area contributed by atoms with E-state index in [0.717, 1.165) is 43.2 Å². The van der Waals surface area contributed by atoms with Crippen molar-refractivity contribution in [3.63, 3.8) is 0 Å². The minimum Gasteiger partial charge on any atom is -0.497 e. The van der Waals surface area contributed by atoms with E-state index >= 15 is 0 Å². The zero-order chi connectivity index (χ0) is 23.5. The first kappa shape index (κ1) is 22.0. The molecule has 2 N–H and O–H groups in total. The maximum atomic E-state index is 12.9. The smallest absolute Gasteiger partial charge is 0.291 e. The Morgan fingerprint density at radius 3 is 2.88 bits per heavy atom. The van der Waals surface area contributed by atoms with Gasteiger partial charge < -0.3 is 24.7 Å². The third-order valence-corrected chi connectivity index (χ3v) is 6.28. The van der Waals surface area contributed by atoms with E-state index in [1.54, 1.807) is 36.5 Å². The molecule has 2 saturated heterocycles. The van der Waals surface area contributed by atoms with Gasteiger partial charge in [0, 0.05) is 57.3 Å². The number of piperazine rings is 1. The molecule has 0 radical (unpaired) electrons. The average molecular weight is 462 g/mol. The van der Waals surface area contributed by atoms with Crippen LogP contribution in [0.15, 0.2) is 59.3 Å². The Kier molecular flexibility index (Phi) is 6.18. The van der Waals surface area contributed by atoms with Crippen molar-refractivity contribution < 1.29 is 18.7 Å². The molecular weight excluding hydrogens is 434 g/mol. The Hall–Kier alpha value is -3.85. The fraction of sp³-hybridized carbons (Fsp3) is 0.320. The number of aromatic nitrogens is 1. The normalized spacial score (nSPS) is 18.3. The summed E-state index contributed by atoms with van der Waals surface area (Å²) in [5.41, 5.74) is 2.59. The van der Waals surface area contributed by atoms with Crippen LogP contribution in [0.1, 0.15) is 28.5 Å². The maximum absolute atomic E-state index is 12.9. The minimum absolute atomic E-state index is 0.0296. The molecule has 0 spiro atoms. The largest absolute Gasteiger partial charge is 0.497 e. The lowest BCUT2D eigenvalue weighted by atomic mass is 9.98. The molecule has 9 nitrogen and oxygen atoms in total. The van der Waals surface area contributed by atoms with Crippen LogP contribution in [-0.4, -0.2) is 56.6 Å².